The summed E-state index contributed by atoms with van der Waals surface area (Å²) in [6.07, 6.45) is 0. The summed E-state index contributed by atoms with van der Waals surface area (Å²) in [5.74, 6) is 0. The first kappa shape index (κ1) is 32.0. The molecule has 10 rings (SSSR count). The third-order valence-corrected chi connectivity index (χ3v) is 11.5. The second-order valence-electron chi connectivity index (χ2n) is 15.1. The van der Waals surface area contributed by atoms with E-state index < -0.39 is 0 Å². The van der Waals surface area contributed by atoms with Crippen molar-refractivity contribution in [2.45, 2.75) is 26.2 Å². The van der Waals surface area contributed by atoms with Crippen LogP contribution in [0.15, 0.2) is 188 Å². The Bertz CT molecular complexity index is 2840. The number of nitrogens with zero attached hydrogens (tertiary/aromatic N) is 2. The van der Waals surface area contributed by atoms with Gasteiger partial charge in [0.15, 0.2) is 0 Å². The summed E-state index contributed by atoms with van der Waals surface area (Å²) in [5.41, 5.74) is 18.5. The van der Waals surface area contributed by atoms with E-state index in [0.717, 1.165) is 11.4 Å². The van der Waals surface area contributed by atoms with Crippen molar-refractivity contribution in [1.82, 2.24) is 4.57 Å². The van der Waals surface area contributed by atoms with Gasteiger partial charge in [-0.2, -0.15) is 0 Å². The molecule has 0 atom stereocenters. The van der Waals surface area contributed by atoms with Crippen LogP contribution in [0.1, 0.15) is 30.5 Å². The topological polar surface area (TPSA) is 8.17 Å². The zero-order valence-corrected chi connectivity index (χ0v) is 30.8. The van der Waals surface area contributed by atoms with E-state index in [-0.39, 0.29) is 5.41 Å². The maximum Gasteiger partial charge on any atom is 0.0544 e. The number of benzene rings is 8. The van der Waals surface area contributed by atoms with Crippen LogP contribution >= 0.6 is 0 Å². The first-order valence-corrected chi connectivity index (χ1v) is 18.9. The van der Waals surface area contributed by atoms with E-state index in [0.29, 0.717) is 0 Å². The third kappa shape index (κ3) is 5.09. The predicted molar refractivity (Wildman–Crippen MR) is 229 cm³/mol. The van der Waals surface area contributed by atoms with Gasteiger partial charge in [0.05, 0.1) is 11.0 Å². The Balaban J connectivity index is 1.11. The zero-order valence-electron chi connectivity index (χ0n) is 30.8. The fraction of sp³-hybridized carbons (Fsp3) is 0.0769. The van der Waals surface area contributed by atoms with Crippen LogP contribution in [0.3, 0.4) is 0 Å². The lowest BCUT2D eigenvalue weighted by atomic mass is 9.82. The van der Waals surface area contributed by atoms with Crippen molar-refractivity contribution in [2.24, 2.45) is 0 Å². The number of fused-ring (bicyclic) bond motifs is 6. The van der Waals surface area contributed by atoms with Crippen LogP contribution in [0.25, 0.3) is 60.9 Å². The molecule has 0 N–H and O–H groups in total. The Morgan fingerprint density at radius 3 is 1.85 bits per heavy atom. The highest BCUT2D eigenvalue weighted by Gasteiger charge is 2.36. The average molecular weight is 693 g/mol. The maximum atomic E-state index is 2.46. The van der Waals surface area contributed by atoms with Gasteiger partial charge in [-0.05, 0) is 124 Å². The molecule has 9 aromatic rings. The number of aromatic nitrogens is 1. The minimum atomic E-state index is -0.0694. The Hall–Kier alpha value is -6.64. The van der Waals surface area contributed by atoms with E-state index in [1.165, 1.54) is 83.3 Å². The highest BCUT2D eigenvalue weighted by atomic mass is 15.1. The van der Waals surface area contributed by atoms with Gasteiger partial charge in [0.1, 0.15) is 0 Å². The maximum absolute atomic E-state index is 2.46. The number of para-hydroxylation sites is 2. The smallest absolute Gasteiger partial charge is 0.0544 e. The highest BCUT2D eigenvalue weighted by molar-refractivity contribution is 6.12. The van der Waals surface area contributed by atoms with Crippen molar-refractivity contribution in [2.75, 3.05) is 4.90 Å². The second-order valence-corrected chi connectivity index (χ2v) is 15.1. The quantitative estimate of drug-likeness (QED) is 0.168. The van der Waals surface area contributed by atoms with Gasteiger partial charge in [0.25, 0.3) is 0 Å². The van der Waals surface area contributed by atoms with E-state index in [1.54, 1.807) is 0 Å². The predicted octanol–water partition coefficient (Wildman–Crippen LogP) is 14.2. The van der Waals surface area contributed by atoms with Crippen LogP contribution in [0.5, 0.6) is 0 Å². The van der Waals surface area contributed by atoms with Gasteiger partial charge in [-0.15, -0.1) is 0 Å². The molecule has 0 bridgehead atoms. The SMILES string of the molecule is Cc1ccccc1N(c1ccc(-c2ccc3c(c2)c2cc4c(cc2n3-c2ccccc2)C(C)(C)c2ccccc2-4)cc1)c1cccc(-c2ccccc2)c1. The lowest BCUT2D eigenvalue weighted by Crippen LogP contribution is -2.14. The fourth-order valence-electron chi connectivity index (χ4n) is 8.75. The van der Waals surface area contributed by atoms with Gasteiger partial charge in [0, 0.05) is 38.9 Å². The minimum Gasteiger partial charge on any atom is -0.310 e. The molecule has 0 unspecified atom stereocenters. The summed E-state index contributed by atoms with van der Waals surface area (Å²) >= 11 is 0. The molecule has 258 valence electrons. The summed E-state index contributed by atoms with van der Waals surface area (Å²) in [6, 6.07) is 68.8. The largest absolute Gasteiger partial charge is 0.310 e. The summed E-state index contributed by atoms with van der Waals surface area (Å²) in [6.45, 7) is 6.91. The molecule has 0 spiro atoms. The van der Waals surface area contributed by atoms with Crippen LogP contribution in [0, 0.1) is 6.92 Å². The van der Waals surface area contributed by atoms with Gasteiger partial charge in [0.2, 0.25) is 0 Å². The van der Waals surface area contributed by atoms with Gasteiger partial charge in [-0.3, -0.25) is 0 Å². The Labute approximate surface area is 317 Å². The molecule has 0 saturated carbocycles. The third-order valence-electron chi connectivity index (χ3n) is 11.5. The van der Waals surface area contributed by atoms with E-state index in [9.17, 15) is 0 Å². The fourth-order valence-corrected chi connectivity index (χ4v) is 8.75. The van der Waals surface area contributed by atoms with Crippen LogP contribution in [-0.4, -0.2) is 4.57 Å². The van der Waals surface area contributed by atoms with Crippen molar-refractivity contribution in [3.05, 3.63) is 205 Å². The van der Waals surface area contributed by atoms with E-state index >= 15 is 0 Å². The van der Waals surface area contributed by atoms with Crippen LogP contribution < -0.4 is 4.90 Å². The Morgan fingerprint density at radius 2 is 1.06 bits per heavy atom. The molecule has 2 nitrogen and oxygen atoms in total. The first-order valence-electron chi connectivity index (χ1n) is 18.9. The molecule has 0 fully saturated rings. The van der Waals surface area contributed by atoms with Gasteiger partial charge < -0.3 is 9.47 Å². The zero-order chi connectivity index (χ0) is 36.4. The average Bonchev–Trinajstić information content (AvgIpc) is 3.66. The van der Waals surface area contributed by atoms with Crippen LogP contribution in [0.2, 0.25) is 0 Å². The lowest BCUT2D eigenvalue weighted by molar-refractivity contribution is 0.661. The normalized spacial score (nSPS) is 12.9. The number of rotatable bonds is 6. The first-order chi connectivity index (χ1) is 26.5. The second kappa shape index (κ2) is 12.5. The van der Waals surface area contributed by atoms with Crippen LogP contribution in [0.4, 0.5) is 17.1 Å². The van der Waals surface area contributed by atoms with Gasteiger partial charge >= 0.3 is 0 Å². The molecule has 1 aromatic heterocycles. The van der Waals surface area contributed by atoms with Crippen molar-refractivity contribution in [3.63, 3.8) is 0 Å². The molecule has 0 amide bonds. The summed E-state index contributed by atoms with van der Waals surface area (Å²) in [7, 11) is 0. The molecule has 1 aliphatic carbocycles. The molecule has 8 aromatic carbocycles. The molecule has 1 aliphatic rings. The Kier molecular flexibility index (Phi) is 7.42. The molecule has 0 saturated heterocycles. The molecule has 54 heavy (non-hydrogen) atoms. The van der Waals surface area contributed by atoms with E-state index in [1.807, 2.05) is 0 Å². The number of hydrogen-bond donors (Lipinski definition) is 0. The van der Waals surface area contributed by atoms with E-state index in [2.05, 4.69) is 218 Å². The molecule has 0 aliphatic heterocycles. The van der Waals surface area contributed by atoms with Crippen molar-refractivity contribution < 1.29 is 0 Å². The lowest BCUT2D eigenvalue weighted by Gasteiger charge is -2.27. The molecule has 2 heteroatoms. The number of aryl methyl sites for hydroxylation is 1. The molecule has 0 radical (unpaired) electrons. The highest BCUT2D eigenvalue weighted by Crippen LogP contribution is 2.51. The summed E-state index contributed by atoms with van der Waals surface area (Å²) in [4.78, 5) is 2.38. The number of hydrogen-bond acceptors (Lipinski definition) is 1. The monoisotopic (exact) mass is 692 g/mol. The van der Waals surface area contributed by atoms with E-state index in [4.69, 9.17) is 0 Å². The van der Waals surface area contributed by atoms with Crippen molar-refractivity contribution in [3.8, 4) is 39.1 Å². The summed E-state index contributed by atoms with van der Waals surface area (Å²) < 4.78 is 2.44. The number of anilines is 3. The molecule has 1 heterocycles. The molecular weight excluding hydrogens is 653 g/mol. The molecular formula is C52H40N2. The van der Waals surface area contributed by atoms with Crippen LogP contribution in [-0.2, 0) is 5.41 Å². The van der Waals surface area contributed by atoms with Gasteiger partial charge in [-0.25, -0.2) is 0 Å². The van der Waals surface area contributed by atoms with Gasteiger partial charge in [-0.1, -0.05) is 135 Å². The van der Waals surface area contributed by atoms with Crippen molar-refractivity contribution >= 4 is 38.9 Å². The minimum absolute atomic E-state index is 0.0694. The van der Waals surface area contributed by atoms with Crippen molar-refractivity contribution in [1.29, 1.82) is 0 Å². The standard InChI is InChI=1S/C52H40N2/c1-35-15-10-13-24-49(35)53(42-21-14-18-38(31-42)36-16-6-4-7-17-36)41-28-25-37(26-29-41)39-27-30-50-45(32-39)46-33-44-43-22-11-12-23-47(43)52(2,3)48(44)34-51(46)54(50)40-19-8-5-9-20-40/h4-34H,1-3H3. The Morgan fingerprint density at radius 1 is 0.426 bits per heavy atom. The summed E-state index contributed by atoms with van der Waals surface area (Å²) in [5, 5.41) is 2.54.